The first kappa shape index (κ1) is 9.44. The van der Waals surface area contributed by atoms with Crippen molar-refractivity contribution in [3.05, 3.63) is 0 Å². The fourth-order valence-corrected chi connectivity index (χ4v) is 2.79. The quantitative estimate of drug-likeness (QED) is 0.668. The monoisotopic (exact) mass is 185 g/mol. The lowest BCUT2D eigenvalue weighted by Gasteiger charge is -2.47. The lowest BCUT2D eigenvalue weighted by Crippen LogP contribution is -2.48. The van der Waals surface area contributed by atoms with Crippen molar-refractivity contribution >= 4 is 0 Å². The topological polar surface area (TPSA) is 41.5 Å². The van der Waals surface area contributed by atoms with E-state index in [1.54, 1.807) is 0 Å². The standard InChI is InChI=1S/C10H19NO2/c1-11-7-10(3-2-4-10)8-5-13-6-9(8)12/h8-9,11-12H,2-7H2,1H3. The Kier molecular flexibility index (Phi) is 2.58. The highest BCUT2D eigenvalue weighted by molar-refractivity contribution is 4.99. The minimum atomic E-state index is -0.228. The Morgan fingerprint density at radius 3 is 2.62 bits per heavy atom. The highest BCUT2D eigenvalue weighted by Crippen LogP contribution is 2.49. The van der Waals surface area contributed by atoms with E-state index in [2.05, 4.69) is 5.32 Å². The molecule has 1 aliphatic carbocycles. The number of aliphatic hydroxyl groups excluding tert-OH is 1. The molecule has 0 bridgehead atoms. The summed E-state index contributed by atoms with van der Waals surface area (Å²) in [5, 5.41) is 13.0. The summed E-state index contributed by atoms with van der Waals surface area (Å²) in [5.41, 5.74) is 0.338. The maximum Gasteiger partial charge on any atom is 0.0829 e. The van der Waals surface area contributed by atoms with E-state index < -0.39 is 0 Å². The Morgan fingerprint density at radius 2 is 2.23 bits per heavy atom. The summed E-state index contributed by atoms with van der Waals surface area (Å²) in [6, 6.07) is 0. The van der Waals surface area contributed by atoms with Gasteiger partial charge in [0, 0.05) is 12.5 Å². The molecular weight excluding hydrogens is 166 g/mol. The minimum Gasteiger partial charge on any atom is -0.390 e. The third kappa shape index (κ3) is 1.49. The van der Waals surface area contributed by atoms with Crippen LogP contribution in [0.5, 0.6) is 0 Å². The molecule has 2 fully saturated rings. The smallest absolute Gasteiger partial charge is 0.0829 e. The van der Waals surface area contributed by atoms with Crippen molar-refractivity contribution in [2.45, 2.75) is 25.4 Å². The molecule has 1 saturated carbocycles. The van der Waals surface area contributed by atoms with Crippen LogP contribution in [0.1, 0.15) is 19.3 Å². The van der Waals surface area contributed by atoms with Crippen molar-refractivity contribution in [1.29, 1.82) is 0 Å². The Labute approximate surface area is 79.5 Å². The number of aliphatic hydroxyl groups is 1. The summed E-state index contributed by atoms with van der Waals surface area (Å²) in [7, 11) is 1.99. The van der Waals surface area contributed by atoms with Crippen molar-refractivity contribution in [2.24, 2.45) is 11.3 Å². The van der Waals surface area contributed by atoms with Crippen LogP contribution in [-0.2, 0) is 4.74 Å². The van der Waals surface area contributed by atoms with Gasteiger partial charge in [-0.15, -0.1) is 0 Å². The van der Waals surface area contributed by atoms with Gasteiger partial charge in [0.1, 0.15) is 0 Å². The van der Waals surface area contributed by atoms with Crippen LogP contribution in [-0.4, -0.2) is 38.0 Å². The number of rotatable bonds is 3. The van der Waals surface area contributed by atoms with Gasteiger partial charge in [-0.3, -0.25) is 0 Å². The summed E-state index contributed by atoms with van der Waals surface area (Å²) >= 11 is 0. The summed E-state index contributed by atoms with van der Waals surface area (Å²) in [6.45, 7) is 2.32. The summed E-state index contributed by atoms with van der Waals surface area (Å²) in [4.78, 5) is 0. The summed E-state index contributed by atoms with van der Waals surface area (Å²) < 4.78 is 5.32. The SMILES string of the molecule is CNCC1(C2COCC2O)CCC1. The van der Waals surface area contributed by atoms with E-state index in [1.165, 1.54) is 19.3 Å². The van der Waals surface area contributed by atoms with Crippen molar-refractivity contribution in [3.8, 4) is 0 Å². The maximum absolute atomic E-state index is 9.76. The maximum atomic E-state index is 9.76. The molecule has 1 heterocycles. The molecule has 3 heteroatoms. The van der Waals surface area contributed by atoms with Crippen LogP contribution in [0.15, 0.2) is 0 Å². The van der Waals surface area contributed by atoms with E-state index in [0.717, 1.165) is 13.2 Å². The fraction of sp³-hybridized carbons (Fsp3) is 1.00. The number of ether oxygens (including phenoxy) is 1. The Hall–Kier alpha value is -0.120. The molecule has 0 aromatic carbocycles. The fourth-order valence-electron chi connectivity index (χ4n) is 2.79. The molecule has 0 aromatic rings. The molecule has 0 spiro atoms. The van der Waals surface area contributed by atoms with Gasteiger partial charge in [-0.2, -0.15) is 0 Å². The number of hydrogen-bond acceptors (Lipinski definition) is 3. The van der Waals surface area contributed by atoms with E-state index in [9.17, 15) is 5.11 Å². The average Bonchev–Trinajstić information content (AvgIpc) is 2.44. The van der Waals surface area contributed by atoms with Crippen molar-refractivity contribution in [3.63, 3.8) is 0 Å². The molecule has 0 amide bonds. The molecule has 0 aromatic heterocycles. The molecule has 3 nitrogen and oxygen atoms in total. The van der Waals surface area contributed by atoms with Crippen LogP contribution in [0, 0.1) is 11.3 Å². The van der Waals surface area contributed by atoms with Crippen LogP contribution in [0.3, 0.4) is 0 Å². The molecule has 2 aliphatic rings. The highest BCUT2D eigenvalue weighted by Gasteiger charge is 2.48. The zero-order valence-electron chi connectivity index (χ0n) is 8.25. The van der Waals surface area contributed by atoms with Crippen molar-refractivity contribution in [1.82, 2.24) is 5.32 Å². The third-order valence-corrected chi connectivity index (χ3v) is 3.72. The van der Waals surface area contributed by atoms with Gasteiger partial charge in [-0.05, 0) is 25.3 Å². The molecule has 13 heavy (non-hydrogen) atoms. The second-order valence-corrected chi connectivity index (χ2v) is 4.46. The van der Waals surface area contributed by atoms with Gasteiger partial charge < -0.3 is 15.2 Å². The number of nitrogens with one attached hydrogen (secondary N) is 1. The summed E-state index contributed by atoms with van der Waals surface area (Å²) in [6.07, 6.45) is 3.58. The zero-order valence-corrected chi connectivity index (χ0v) is 8.25. The van der Waals surface area contributed by atoms with Crippen LogP contribution in [0.2, 0.25) is 0 Å². The highest BCUT2D eigenvalue weighted by atomic mass is 16.5. The van der Waals surface area contributed by atoms with Gasteiger partial charge in [0.2, 0.25) is 0 Å². The minimum absolute atomic E-state index is 0.228. The van der Waals surface area contributed by atoms with Gasteiger partial charge in [0.25, 0.3) is 0 Å². The van der Waals surface area contributed by atoms with E-state index in [0.29, 0.717) is 17.9 Å². The molecule has 0 radical (unpaired) electrons. The first-order valence-corrected chi connectivity index (χ1v) is 5.19. The van der Waals surface area contributed by atoms with E-state index >= 15 is 0 Å². The number of hydrogen-bond donors (Lipinski definition) is 2. The first-order valence-electron chi connectivity index (χ1n) is 5.19. The molecule has 2 rings (SSSR count). The molecule has 1 aliphatic heterocycles. The van der Waals surface area contributed by atoms with E-state index in [-0.39, 0.29) is 6.10 Å². The van der Waals surface area contributed by atoms with Gasteiger partial charge in [0.05, 0.1) is 19.3 Å². The van der Waals surface area contributed by atoms with E-state index in [4.69, 9.17) is 4.74 Å². The van der Waals surface area contributed by atoms with E-state index in [1.807, 2.05) is 7.05 Å². The van der Waals surface area contributed by atoms with Crippen LogP contribution < -0.4 is 5.32 Å². The van der Waals surface area contributed by atoms with Crippen LogP contribution >= 0.6 is 0 Å². The molecular formula is C10H19NO2. The lowest BCUT2D eigenvalue weighted by molar-refractivity contribution is -0.00653. The Morgan fingerprint density at radius 1 is 1.46 bits per heavy atom. The van der Waals surface area contributed by atoms with Gasteiger partial charge in [-0.25, -0.2) is 0 Å². The zero-order chi connectivity index (χ0) is 9.31. The molecule has 1 saturated heterocycles. The van der Waals surface area contributed by atoms with Crippen molar-refractivity contribution < 1.29 is 9.84 Å². The Bertz CT molecular complexity index is 180. The van der Waals surface area contributed by atoms with Gasteiger partial charge in [-0.1, -0.05) is 6.42 Å². The second-order valence-electron chi connectivity index (χ2n) is 4.46. The molecule has 2 unspecified atom stereocenters. The molecule has 2 atom stereocenters. The lowest BCUT2D eigenvalue weighted by atomic mass is 9.60. The normalized spacial score (nSPS) is 37.4. The van der Waals surface area contributed by atoms with Gasteiger partial charge >= 0.3 is 0 Å². The molecule has 2 N–H and O–H groups in total. The average molecular weight is 185 g/mol. The van der Waals surface area contributed by atoms with Crippen LogP contribution in [0.25, 0.3) is 0 Å². The first-order chi connectivity index (χ1) is 6.28. The van der Waals surface area contributed by atoms with Crippen molar-refractivity contribution in [2.75, 3.05) is 26.8 Å². The predicted molar refractivity (Wildman–Crippen MR) is 50.5 cm³/mol. The Balaban J connectivity index is 2.02. The largest absolute Gasteiger partial charge is 0.390 e. The third-order valence-electron chi connectivity index (χ3n) is 3.72. The van der Waals surface area contributed by atoms with Gasteiger partial charge in [0.15, 0.2) is 0 Å². The predicted octanol–water partition coefficient (Wildman–Crippen LogP) is 0.383. The summed E-state index contributed by atoms with van der Waals surface area (Å²) in [5.74, 6) is 0.369. The second kappa shape index (κ2) is 3.56. The molecule has 76 valence electrons. The van der Waals surface area contributed by atoms with Crippen LogP contribution in [0.4, 0.5) is 0 Å².